The summed E-state index contributed by atoms with van der Waals surface area (Å²) < 4.78 is 40.6. The molecule has 0 aromatic heterocycles. The van der Waals surface area contributed by atoms with Gasteiger partial charge < -0.3 is 10.6 Å². The van der Waals surface area contributed by atoms with Gasteiger partial charge in [0.15, 0.2) is 0 Å². The summed E-state index contributed by atoms with van der Waals surface area (Å²) in [5, 5.41) is 5.39. The lowest BCUT2D eigenvalue weighted by Crippen LogP contribution is -2.44. The topological polar surface area (TPSA) is 98.8 Å². The lowest BCUT2D eigenvalue weighted by molar-refractivity contribution is -0.114. The van der Waals surface area contributed by atoms with E-state index in [9.17, 15) is 22.4 Å². The number of hydrogen-bond donors (Lipinski definition) is 2. The fourth-order valence-electron chi connectivity index (χ4n) is 2.61. The van der Waals surface area contributed by atoms with Gasteiger partial charge in [0.2, 0.25) is 5.91 Å². The van der Waals surface area contributed by atoms with Crippen molar-refractivity contribution in [3.8, 4) is 0 Å². The summed E-state index contributed by atoms with van der Waals surface area (Å²) in [5.74, 6) is -1.28. The van der Waals surface area contributed by atoms with E-state index in [-0.39, 0.29) is 28.8 Å². The van der Waals surface area contributed by atoms with Crippen molar-refractivity contribution in [3.05, 3.63) is 59.9 Å². The summed E-state index contributed by atoms with van der Waals surface area (Å²) in [5.41, 5.74) is 0.656. The van der Waals surface area contributed by atoms with Crippen LogP contribution < -0.4 is 14.9 Å². The van der Waals surface area contributed by atoms with Gasteiger partial charge in [0, 0.05) is 20.6 Å². The molecule has 8 nitrogen and oxygen atoms in total. The smallest absolute Gasteiger partial charge is 0.304 e. The van der Waals surface area contributed by atoms with E-state index in [2.05, 4.69) is 10.6 Å². The predicted molar refractivity (Wildman–Crippen MR) is 119 cm³/mol. The molecule has 2 aromatic rings. The molecule has 2 N–H and O–H groups in total. The summed E-state index contributed by atoms with van der Waals surface area (Å²) in [4.78, 5) is 25.2. The number of nitrogens with zero attached hydrogens (tertiary/aromatic N) is 2. The van der Waals surface area contributed by atoms with Crippen molar-refractivity contribution in [1.82, 2.24) is 9.62 Å². The van der Waals surface area contributed by atoms with Crippen LogP contribution in [-0.4, -0.2) is 51.7 Å². The Bertz CT molecular complexity index is 1020. The molecule has 10 heteroatoms. The van der Waals surface area contributed by atoms with Crippen molar-refractivity contribution >= 4 is 33.4 Å². The van der Waals surface area contributed by atoms with E-state index >= 15 is 0 Å². The zero-order valence-corrected chi connectivity index (χ0v) is 18.7. The zero-order valence-electron chi connectivity index (χ0n) is 17.9. The van der Waals surface area contributed by atoms with Gasteiger partial charge in [-0.05, 0) is 42.3 Å². The quantitative estimate of drug-likeness (QED) is 0.613. The zero-order chi connectivity index (χ0) is 23.2. The second-order valence-corrected chi connectivity index (χ2v) is 9.54. The molecular weight excluding hydrogens is 423 g/mol. The number of halogens is 1. The van der Waals surface area contributed by atoms with E-state index in [0.717, 1.165) is 20.7 Å². The summed E-state index contributed by atoms with van der Waals surface area (Å²) >= 11 is 0. The first-order chi connectivity index (χ1) is 14.5. The molecule has 0 aliphatic rings. The van der Waals surface area contributed by atoms with Crippen LogP contribution in [0.4, 0.5) is 15.8 Å². The average Bonchev–Trinajstić information content (AvgIpc) is 2.71. The number of amides is 2. The Balaban J connectivity index is 2.26. The molecule has 0 fully saturated rings. The van der Waals surface area contributed by atoms with Crippen LogP contribution in [0.15, 0.2) is 48.5 Å². The molecule has 0 spiro atoms. The minimum atomic E-state index is -4.03. The monoisotopic (exact) mass is 450 g/mol. The molecule has 31 heavy (non-hydrogen) atoms. The SMILES string of the molecule is CC(C)CNC(=O)c1ccccc1NC(=O)CN(c1ccc(F)cc1)S(=O)(=O)N(C)C. The largest absolute Gasteiger partial charge is 0.352 e. The molecule has 2 aromatic carbocycles. The van der Waals surface area contributed by atoms with E-state index < -0.39 is 28.5 Å². The normalized spacial score (nSPS) is 11.5. The second-order valence-electron chi connectivity index (χ2n) is 7.47. The molecule has 2 amide bonds. The van der Waals surface area contributed by atoms with Crippen molar-refractivity contribution < 1.29 is 22.4 Å². The number of carbonyl (C=O) groups excluding carboxylic acids is 2. The molecule has 0 radical (unpaired) electrons. The number of nitrogens with one attached hydrogen (secondary N) is 2. The van der Waals surface area contributed by atoms with Crippen LogP contribution in [0, 0.1) is 11.7 Å². The van der Waals surface area contributed by atoms with Crippen LogP contribution in [0.25, 0.3) is 0 Å². The van der Waals surface area contributed by atoms with Crippen molar-refractivity contribution in [1.29, 1.82) is 0 Å². The van der Waals surface area contributed by atoms with E-state index in [1.165, 1.54) is 26.2 Å². The highest BCUT2D eigenvalue weighted by molar-refractivity contribution is 7.90. The standard InChI is InChI=1S/C21H27FN4O4S/c1-15(2)13-23-21(28)18-7-5-6-8-19(18)24-20(27)14-26(31(29,30)25(3)4)17-11-9-16(22)10-12-17/h5-12,15H,13-14H2,1-4H3,(H,23,28)(H,24,27). The van der Waals surface area contributed by atoms with Gasteiger partial charge in [-0.1, -0.05) is 26.0 Å². The lowest BCUT2D eigenvalue weighted by Gasteiger charge is -2.27. The number of anilines is 2. The Morgan fingerprint density at radius 2 is 1.65 bits per heavy atom. The van der Waals surface area contributed by atoms with Crippen LogP contribution in [0.2, 0.25) is 0 Å². The maximum Gasteiger partial charge on any atom is 0.304 e. The second kappa shape index (κ2) is 10.4. The number of benzene rings is 2. The first kappa shape index (κ1) is 24.3. The van der Waals surface area contributed by atoms with Crippen LogP contribution in [0.3, 0.4) is 0 Å². The first-order valence-corrected chi connectivity index (χ1v) is 11.0. The van der Waals surface area contributed by atoms with Crippen molar-refractivity contribution in [2.24, 2.45) is 5.92 Å². The fourth-order valence-corrected chi connectivity index (χ4v) is 3.68. The summed E-state index contributed by atoms with van der Waals surface area (Å²) in [6.45, 7) is 3.83. The van der Waals surface area contributed by atoms with Crippen LogP contribution in [0.1, 0.15) is 24.2 Å². The number of rotatable bonds is 9. The minimum Gasteiger partial charge on any atom is -0.352 e. The van der Waals surface area contributed by atoms with Crippen molar-refractivity contribution in [2.45, 2.75) is 13.8 Å². The molecule has 2 rings (SSSR count). The third kappa shape index (κ3) is 6.50. The molecular formula is C21H27FN4O4S. The maximum absolute atomic E-state index is 13.3. The maximum atomic E-state index is 13.3. The van der Waals surface area contributed by atoms with E-state index in [1.54, 1.807) is 24.3 Å². The van der Waals surface area contributed by atoms with Gasteiger partial charge in [-0.15, -0.1) is 0 Å². The van der Waals surface area contributed by atoms with E-state index in [1.807, 2.05) is 13.8 Å². The van der Waals surface area contributed by atoms with Crippen molar-refractivity contribution in [3.63, 3.8) is 0 Å². The Morgan fingerprint density at radius 1 is 1.03 bits per heavy atom. The van der Waals surface area contributed by atoms with Gasteiger partial charge in [0.1, 0.15) is 12.4 Å². The van der Waals surface area contributed by atoms with Crippen LogP contribution in [0.5, 0.6) is 0 Å². The number of carbonyl (C=O) groups is 2. The Morgan fingerprint density at radius 3 is 2.23 bits per heavy atom. The van der Waals surface area contributed by atoms with Crippen LogP contribution in [-0.2, 0) is 15.0 Å². The van der Waals surface area contributed by atoms with E-state index in [0.29, 0.717) is 6.54 Å². The minimum absolute atomic E-state index is 0.133. The predicted octanol–water partition coefficient (Wildman–Crippen LogP) is 2.46. The molecule has 168 valence electrons. The van der Waals surface area contributed by atoms with Crippen molar-refractivity contribution in [2.75, 3.05) is 36.8 Å². The molecule has 0 unspecified atom stereocenters. The first-order valence-electron chi connectivity index (χ1n) is 9.65. The highest BCUT2D eigenvalue weighted by atomic mass is 32.2. The van der Waals surface area contributed by atoms with Gasteiger partial charge in [0.05, 0.1) is 16.9 Å². The molecule has 0 aliphatic carbocycles. The molecule has 0 heterocycles. The molecule has 0 saturated carbocycles. The average molecular weight is 451 g/mol. The van der Waals surface area contributed by atoms with Crippen LogP contribution >= 0.6 is 0 Å². The highest BCUT2D eigenvalue weighted by Crippen LogP contribution is 2.21. The highest BCUT2D eigenvalue weighted by Gasteiger charge is 2.27. The van der Waals surface area contributed by atoms with E-state index in [4.69, 9.17) is 0 Å². The molecule has 0 saturated heterocycles. The molecule has 0 aliphatic heterocycles. The lowest BCUT2D eigenvalue weighted by atomic mass is 10.1. The number of hydrogen-bond acceptors (Lipinski definition) is 4. The molecule has 0 bridgehead atoms. The molecule has 0 atom stereocenters. The summed E-state index contributed by atoms with van der Waals surface area (Å²) in [6.07, 6.45) is 0. The van der Waals surface area contributed by atoms with Gasteiger partial charge >= 0.3 is 10.2 Å². The van der Waals surface area contributed by atoms with Gasteiger partial charge in [-0.25, -0.2) is 8.70 Å². The van der Waals surface area contributed by atoms with Gasteiger partial charge in [0.25, 0.3) is 5.91 Å². The third-order valence-corrected chi connectivity index (χ3v) is 6.08. The Kier molecular flexibility index (Phi) is 8.12. The number of para-hydroxylation sites is 1. The van der Waals surface area contributed by atoms with Gasteiger partial charge in [-0.2, -0.15) is 12.7 Å². The summed E-state index contributed by atoms with van der Waals surface area (Å²) in [7, 11) is -1.37. The fraction of sp³-hybridized carbons (Fsp3) is 0.333. The Labute approximate surface area is 182 Å². The summed E-state index contributed by atoms with van der Waals surface area (Å²) in [6, 6.07) is 11.2. The Hall–Kier alpha value is -2.98. The third-order valence-electron chi connectivity index (χ3n) is 4.26. The van der Waals surface area contributed by atoms with Gasteiger partial charge in [-0.3, -0.25) is 9.59 Å².